The van der Waals surface area contributed by atoms with Gasteiger partial charge in [-0.2, -0.15) is 0 Å². The fourth-order valence-electron chi connectivity index (χ4n) is 1.32. The average molecular weight is 292 g/mol. The lowest BCUT2D eigenvalue weighted by Crippen LogP contribution is -2.30. The molecule has 1 atom stereocenters. The van der Waals surface area contributed by atoms with Crippen LogP contribution in [0.25, 0.3) is 0 Å². The highest BCUT2D eigenvalue weighted by Gasteiger charge is 2.20. The van der Waals surface area contributed by atoms with Gasteiger partial charge in [0, 0.05) is 12.4 Å². The Labute approximate surface area is 119 Å². The number of hydrogen-bond acceptors (Lipinski definition) is 7. The minimum Gasteiger partial charge on any atom is -0.449 e. The van der Waals surface area contributed by atoms with Crippen molar-refractivity contribution in [3.8, 4) is 0 Å². The zero-order valence-electron chi connectivity index (χ0n) is 10.9. The standard InChI is InChI=1S/C12H12N4O3S/c1-7(10(17)14-12-16-15-8(2)20-12)19-11(18)9-4-3-5-13-6-9/h3-7H,1-2H3,(H,14,16,17). The highest BCUT2D eigenvalue weighted by molar-refractivity contribution is 7.15. The largest absolute Gasteiger partial charge is 0.449 e. The molecular weight excluding hydrogens is 280 g/mol. The topological polar surface area (TPSA) is 94.1 Å². The third kappa shape index (κ3) is 3.58. The molecule has 1 amide bonds. The first-order valence-corrected chi connectivity index (χ1v) is 6.60. The molecule has 0 aliphatic rings. The lowest BCUT2D eigenvalue weighted by Gasteiger charge is -2.11. The third-order valence-electron chi connectivity index (χ3n) is 2.31. The third-order valence-corrected chi connectivity index (χ3v) is 3.06. The van der Waals surface area contributed by atoms with Gasteiger partial charge in [0.2, 0.25) is 5.13 Å². The Hall–Kier alpha value is -2.35. The fraction of sp³-hybridized carbons (Fsp3) is 0.250. The van der Waals surface area contributed by atoms with Crippen molar-refractivity contribution in [1.29, 1.82) is 0 Å². The summed E-state index contributed by atoms with van der Waals surface area (Å²) in [7, 11) is 0. The summed E-state index contributed by atoms with van der Waals surface area (Å²) in [5.41, 5.74) is 0.291. The van der Waals surface area contributed by atoms with E-state index in [0.717, 1.165) is 5.01 Å². The molecule has 1 N–H and O–H groups in total. The van der Waals surface area contributed by atoms with Gasteiger partial charge in [-0.15, -0.1) is 10.2 Å². The van der Waals surface area contributed by atoms with Crippen molar-refractivity contribution in [2.45, 2.75) is 20.0 Å². The van der Waals surface area contributed by atoms with Crippen LogP contribution in [0.4, 0.5) is 5.13 Å². The molecule has 20 heavy (non-hydrogen) atoms. The van der Waals surface area contributed by atoms with Crippen molar-refractivity contribution in [2.24, 2.45) is 0 Å². The zero-order chi connectivity index (χ0) is 14.5. The number of carbonyl (C=O) groups excluding carboxylic acids is 2. The first-order valence-electron chi connectivity index (χ1n) is 5.78. The smallest absolute Gasteiger partial charge is 0.340 e. The van der Waals surface area contributed by atoms with Crippen LogP contribution in [0.5, 0.6) is 0 Å². The van der Waals surface area contributed by atoms with E-state index in [2.05, 4.69) is 20.5 Å². The van der Waals surface area contributed by atoms with Crippen LogP contribution in [0.2, 0.25) is 0 Å². The second-order valence-electron chi connectivity index (χ2n) is 3.90. The normalized spacial score (nSPS) is 11.7. The lowest BCUT2D eigenvalue weighted by molar-refractivity contribution is -0.123. The van der Waals surface area contributed by atoms with Crippen LogP contribution in [0.15, 0.2) is 24.5 Å². The van der Waals surface area contributed by atoms with E-state index in [1.165, 1.54) is 24.5 Å². The second kappa shape index (κ2) is 6.20. The molecule has 1 unspecified atom stereocenters. The molecule has 2 aromatic heterocycles. The number of ether oxygens (including phenoxy) is 1. The van der Waals surface area contributed by atoms with Gasteiger partial charge in [0.1, 0.15) is 5.01 Å². The number of hydrogen-bond donors (Lipinski definition) is 1. The summed E-state index contributed by atoms with van der Waals surface area (Å²) >= 11 is 1.24. The van der Waals surface area contributed by atoms with Crippen LogP contribution in [0.3, 0.4) is 0 Å². The van der Waals surface area contributed by atoms with E-state index in [1.807, 2.05) is 0 Å². The molecule has 0 saturated heterocycles. The fourth-order valence-corrected chi connectivity index (χ4v) is 1.91. The number of aryl methyl sites for hydroxylation is 1. The van der Waals surface area contributed by atoms with Crippen molar-refractivity contribution >= 4 is 28.3 Å². The molecule has 0 bridgehead atoms. The molecule has 8 heteroatoms. The van der Waals surface area contributed by atoms with E-state index in [0.29, 0.717) is 10.7 Å². The summed E-state index contributed by atoms with van der Waals surface area (Å²) in [6.07, 6.45) is 1.98. The van der Waals surface area contributed by atoms with Gasteiger partial charge in [-0.25, -0.2) is 4.79 Å². The number of anilines is 1. The van der Waals surface area contributed by atoms with Gasteiger partial charge >= 0.3 is 5.97 Å². The van der Waals surface area contributed by atoms with Crippen molar-refractivity contribution < 1.29 is 14.3 Å². The predicted molar refractivity (Wildman–Crippen MR) is 72.4 cm³/mol. The Morgan fingerprint density at radius 1 is 1.40 bits per heavy atom. The summed E-state index contributed by atoms with van der Waals surface area (Å²) in [4.78, 5) is 27.4. The van der Waals surface area contributed by atoms with Crippen LogP contribution in [-0.2, 0) is 9.53 Å². The van der Waals surface area contributed by atoms with E-state index >= 15 is 0 Å². The number of pyridine rings is 1. The van der Waals surface area contributed by atoms with Crippen LogP contribution in [0, 0.1) is 6.92 Å². The zero-order valence-corrected chi connectivity index (χ0v) is 11.7. The number of nitrogens with zero attached hydrogens (tertiary/aromatic N) is 3. The maximum Gasteiger partial charge on any atom is 0.340 e. The summed E-state index contributed by atoms with van der Waals surface area (Å²) in [5.74, 6) is -1.06. The molecule has 2 aromatic rings. The molecule has 2 rings (SSSR count). The average Bonchev–Trinajstić information content (AvgIpc) is 2.85. The number of rotatable bonds is 4. The SMILES string of the molecule is Cc1nnc(NC(=O)C(C)OC(=O)c2cccnc2)s1. The van der Waals surface area contributed by atoms with Crippen LogP contribution < -0.4 is 5.32 Å². The van der Waals surface area contributed by atoms with Crippen molar-refractivity contribution in [2.75, 3.05) is 5.32 Å². The van der Waals surface area contributed by atoms with Gasteiger partial charge in [0.15, 0.2) is 6.10 Å². The molecule has 0 aliphatic carbocycles. The van der Waals surface area contributed by atoms with Crippen molar-refractivity contribution in [3.05, 3.63) is 35.1 Å². The summed E-state index contributed by atoms with van der Waals surface area (Å²) < 4.78 is 5.04. The number of esters is 1. The first-order chi connectivity index (χ1) is 9.56. The van der Waals surface area contributed by atoms with Crippen molar-refractivity contribution in [3.63, 3.8) is 0 Å². The van der Waals surface area contributed by atoms with Crippen LogP contribution in [0.1, 0.15) is 22.3 Å². The number of carbonyl (C=O) groups is 2. The number of aromatic nitrogens is 3. The predicted octanol–water partition coefficient (Wildman–Crippen LogP) is 1.43. The Bertz CT molecular complexity index is 614. The first kappa shape index (κ1) is 14.1. The molecule has 7 nitrogen and oxygen atoms in total. The molecule has 0 radical (unpaired) electrons. The quantitative estimate of drug-likeness (QED) is 0.857. The van der Waals surface area contributed by atoms with Crippen LogP contribution in [-0.4, -0.2) is 33.2 Å². The van der Waals surface area contributed by atoms with Gasteiger partial charge in [0.05, 0.1) is 5.56 Å². The lowest BCUT2D eigenvalue weighted by atomic mass is 10.3. The molecule has 0 spiro atoms. The van der Waals surface area contributed by atoms with E-state index in [4.69, 9.17) is 4.74 Å². The van der Waals surface area contributed by atoms with E-state index in [-0.39, 0.29) is 0 Å². The number of amides is 1. The molecule has 0 saturated carbocycles. The Kier molecular flexibility index (Phi) is 4.36. The molecule has 0 aliphatic heterocycles. The second-order valence-corrected chi connectivity index (χ2v) is 5.09. The Morgan fingerprint density at radius 2 is 2.20 bits per heavy atom. The monoisotopic (exact) mass is 292 g/mol. The van der Waals surface area contributed by atoms with E-state index < -0.39 is 18.0 Å². The maximum absolute atomic E-state index is 11.8. The maximum atomic E-state index is 11.8. The Balaban J connectivity index is 1.92. The molecule has 104 valence electrons. The number of nitrogens with one attached hydrogen (secondary N) is 1. The minimum atomic E-state index is -0.938. The van der Waals surface area contributed by atoms with E-state index in [9.17, 15) is 9.59 Å². The molecular formula is C12H12N4O3S. The van der Waals surface area contributed by atoms with Gasteiger partial charge in [0.25, 0.3) is 5.91 Å². The van der Waals surface area contributed by atoms with Crippen molar-refractivity contribution in [1.82, 2.24) is 15.2 Å². The summed E-state index contributed by atoms with van der Waals surface area (Å²) in [6.45, 7) is 3.26. The van der Waals surface area contributed by atoms with Crippen LogP contribution >= 0.6 is 11.3 Å². The Morgan fingerprint density at radius 3 is 2.80 bits per heavy atom. The molecule has 0 aromatic carbocycles. The van der Waals surface area contributed by atoms with Gasteiger partial charge in [-0.1, -0.05) is 11.3 Å². The highest BCUT2D eigenvalue weighted by atomic mass is 32.1. The molecule has 2 heterocycles. The highest BCUT2D eigenvalue weighted by Crippen LogP contribution is 2.14. The van der Waals surface area contributed by atoms with Gasteiger partial charge in [-0.05, 0) is 26.0 Å². The van der Waals surface area contributed by atoms with Gasteiger partial charge in [-0.3, -0.25) is 15.1 Å². The van der Waals surface area contributed by atoms with E-state index in [1.54, 1.807) is 25.3 Å². The van der Waals surface area contributed by atoms with Gasteiger partial charge < -0.3 is 4.74 Å². The molecule has 0 fully saturated rings. The summed E-state index contributed by atoms with van der Waals surface area (Å²) in [6, 6.07) is 3.18. The minimum absolute atomic E-state index is 0.291. The summed E-state index contributed by atoms with van der Waals surface area (Å²) in [5, 5.41) is 11.2.